The molecule has 120 valence electrons. The van der Waals surface area contributed by atoms with Crippen LogP contribution in [0.2, 0.25) is 0 Å². The number of rotatable bonds is 7. The zero-order valence-corrected chi connectivity index (χ0v) is 14.5. The highest BCUT2D eigenvalue weighted by Crippen LogP contribution is 2.55. The first kappa shape index (κ1) is 18.1. The number of quaternary nitrogens is 1. The number of hydrogen-bond donors (Lipinski definition) is 0. The molecule has 0 aliphatic heterocycles. The van der Waals surface area contributed by atoms with Gasteiger partial charge in [0, 0.05) is 19.5 Å². The number of likely N-dealkylation sites (N-methyl/N-ethyl adjacent to an activating group) is 1. The average Bonchev–Trinajstić information content (AvgIpc) is 2.34. The van der Waals surface area contributed by atoms with E-state index in [4.69, 9.17) is 4.52 Å². The van der Waals surface area contributed by atoms with E-state index in [1.54, 1.807) is 0 Å². The van der Waals surface area contributed by atoms with Crippen LogP contribution in [-0.4, -0.2) is 55.5 Å². The van der Waals surface area contributed by atoms with Gasteiger partial charge in [0.15, 0.2) is 0 Å². The van der Waals surface area contributed by atoms with Crippen LogP contribution in [0.1, 0.15) is 46.0 Å². The van der Waals surface area contributed by atoms with E-state index in [0.29, 0.717) is 13.1 Å². The maximum absolute atomic E-state index is 14.5. The molecule has 1 aliphatic rings. The molecule has 1 saturated carbocycles. The molecule has 1 fully saturated rings. The van der Waals surface area contributed by atoms with Crippen LogP contribution in [0.5, 0.6) is 0 Å². The van der Waals surface area contributed by atoms with Crippen molar-refractivity contribution in [3.05, 3.63) is 0 Å². The van der Waals surface area contributed by atoms with E-state index in [2.05, 4.69) is 21.1 Å². The van der Waals surface area contributed by atoms with Crippen molar-refractivity contribution in [3.8, 4) is 0 Å². The first-order valence-electron chi connectivity index (χ1n) is 7.77. The lowest BCUT2D eigenvalue weighted by Gasteiger charge is -2.42. The molecule has 0 amide bonds. The molecular weight excluding hydrogens is 278 g/mol. The quantitative estimate of drug-likeness (QED) is 0.529. The molecule has 0 spiro atoms. The number of halogens is 1. The standard InChI is InChI=1S/C14H31FN2O2P/c1-6-12-16(7-2)20(15,18)19-14-11-9-8-10-13(14)17(3,4)5/h13-14H,6-12H2,1-5H3/q+1/t13-,14-,20?/m0/s1. The molecular formula is C14H31FN2O2P+. The highest BCUT2D eigenvalue weighted by Gasteiger charge is 2.42. The lowest BCUT2D eigenvalue weighted by Crippen LogP contribution is -2.53. The molecule has 0 aromatic rings. The molecule has 1 rings (SSSR count). The summed E-state index contributed by atoms with van der Waals surface area (Å²) in [4.78, 5) is 0. The Balaban J connectivity index is 2.79. The van der Waals surface area contributed by atoms with Crippen molar-refractivity contribution in [1.29, 1.82) is 0 Å². The van der Waals surface area contributed by atoms with E-state index in [9.17, 15) is 8.76 Å². The molecule has 1 unspecified atom stereocenters. The van der Waals surface area contributed by atoms with Gasteiger partial charge in [0.25, 0.3) is 0 Å². The number of nitrogens with zero attached hydrogens (tertiary/aromatic N) is 2. The van der Waals surface area contributed by atoms with Crippen LogP contribution in [0.25, 0.3) is 0 Å². The Morgan fingerprint density at radius 2 is 1.85 bits per heavy atom. The summed E-state index contributed by atoms with van der Waals surface area (Å²) in [5.74, 6) is 0. The fourth-order valence-corrected chi connectivity index (χ4v) is 4.51. The molecule has 6 heteroatoms. The van der Waals surface area contributed by atoms with Gasteiger partial charge >= 0.3 is 7.83 Å². The Morgan fingerprint density at radius 1 is 1.25 bits per heavy atom. The van der Waals surface area contributed by atoms with Gasteiger partial charge < -0.3 is 4.48 Å². The smallest absolute Gasteiger partial charge is 0.326 e. The summed E-state index contributed by atoms with van der Waals surface area (Å²) in [6.45, 7) is 4.68. The van der Waals surface area contributed by atoms with E-state index in [0.717, 1.165) is 36.6 Å². The van der Waals surface area contributed by atoms with Gasteiger partial charge in [0.1, 0.15) is 12.1 Å². The topological polar surface area (TPSA) is 29.5 Å². The first-order chi connectivity index (χ1) is 9.22. The van der Waals surface area contributed by atoms with Gasteiger partial charge in [-0.15, -0.1) is 4.20 Å². The van der Waals surface area contributed by atoms with Crippen molar-refractivity contribution in [2.75, 3.05) is 34.2 Å². The molecule has 0 heterocycles. The Hall–Kier alpha value is 0.0400. The fourth-order valence-electron chi connectivity index (χ4n) is 3.02. The van der Waals surface area contributed by atoms with Gasteiger partial charge in [-0.05, 0) is 19.3 Å². The largest absolute Gasteiger partial charge is 0.445 e. The molecule has 20 heavy (non-hydrogen) atoms. The second-order valence-electron chi connectivity index (χ2n) is 6.61. The van der Waals surface area contributed by atoms with Gasteiger partial charge in [0.2, 0.25) is 0 Å². The summed E-state index contributed by atoms with van der Waals surface area (Å²) in [7, 11) is 2.12. The van der Waals surface area contributed by atoms with Crippen molar-refractivity contribution in [3.63, 3.8) is 0 Å². The maximum atomic E-state index is 14.5. The van der Waals surface area contributed by atoms with Crippen LogP contribution >= 0.6 is 7.83 Å². The van der Waals surface area contributed by atoms with Crippen molar-refractivity contribution in [2.24, 2.45) is 0 Å². The predicted molar refractivity (Wildman–Crippen MR) is 81.4 cm³/mol. The van der Waals surface area contributed by atoms with Crippen LogP contribution in [0.4, 0.5) is 4.20 Å². The minimum atomic E-state index is -4.17. The normalized spacial score (nSPS) is 27.6. The highest BCUT2D eigenvalue weighted by atomic mass is 31.2. The second-order valence-corrected chi connectivity index (χ2v) is 8.29. The Morgan fingerprint density at radius 3 is 2.35 bits per heavy atom. The minimum absolute atomic E-state index is 0.216. The van der Waals surface area contributed by atoms with E-state index in [1.807, 2.05) is 13.8 Å². The maximum Gasteiger partial charge on any atom is 0.445 e. The Labute approximate surface area is 123 Å². The molecule has 3 atom stereocenters. The van der Waals surface area contributed by atoms with E-state index < -0.39 is 7.83 Å². The van der Waals surface area contributed by atoms with Crippen molar-refractivity contribution >= 4 is 7.83 Å². The SMILES string of the molecule is CCCN(CC)P(=O)(F)O[C@H]1CCCC[C@@H]1[N+](C)(C)C. The molecule has 1 aliphatic carbocycles. The minimum Gasteiger partial charge on any atom is -0.326 e. The van der Waals surface area contributed by atoms with Crippen LogP contribution in [0.15, 0.2) is 0 Å². The van der Waals surface area contributed by atoms with Crippen molar-refractivity contribution in [2.45, 2.75) is 58.1 Å². The highest BCUT2D eigenvalue weighted by molar-refractivity contribution is 7.50. The summed E-state index contributed by atoms with van der Waals surface area (Å²) < 4.78 is 34.5. The summed E-state index contributed by atoms with van der Waals surface area (Å²) in [6.07, 6.45) is 4.51. The van der Waals surface area contributed by atoms with E-state index >= 15 is 0 Å². The molecule has 0 saturated heterocycles. The average molecular weight is 309 g/mol. The third kappa shape index (κ3) is 4.80. The van der Waals surface area contributed by atoms with Crippen LogP contribution in [0.3, 0.4) is 0 Å². The molecule has 0 aromatic heterocycles. The van der Waals surface area contributed by atoms with Crippen LogP contribution in [0, 0.1) is 0 Å². The van der Waals surface area contributed by atoms with E-state index in [-0.39, 0.29) is 12.1 Å². The third-order valence-corrected chi connectivity index (χ3v) is 5.80. The molecule has 0 aromatic carbocycles. The summed E-state index contributed by atoms with van der Waals surface area (Å²) in [5, 5.41) is 0. The lowest BCUT2D eigenvalue weighted by atomic mass is 9.91. The van der Waals surface area contributed by atoms with Gasteiger partial charge in [-0.3, -0.25) is 4.52 Å². The predicted octanol–water partition coefficient (Wildman–Crippen LogP) is 3.83. The van der Waals surface area contributed by atoms with Crippen molar-refractivity contribution < 1.29 is 17.8 Å². The van der Waals surface area contributed by atoms with Gasteiger partial charge in [-0.1, -0.05) is 20.3 Å². The fraction of sp³-hybridized carbons (Fsp3) is 1.00. The second kappa shape index (κ2) is 7.35. The van der Waals surface area contributed by atoms with Crippen molar-refractivity contribution in [1.82, 2.24) is 4.67 Å². The summed E-state index contributed by atoms with van der Waals surface area (Å²) in [5.41, 5.74) is 0. The van der Waals surface area contributed by atoms with Gasteiger partial charge in [0.05, 0.1) is 21.1 Å². The zero-order chi connectivity index (χ0) is 15.4. The third-order valence-electron chi connectivity index (χ3n) is 4.11. The van der Waals surface area contributed by atoms with Gasteiger partial charge in [-0.25, -0.2) is 9.24 Å². The first-order valence-corrected chi connectivity index (χ1v) is 9.23. The Bertz CT molecular complexity index is 347. The Kier molecular flexibility index (Phi) is 6.65. The van der Waals surface area contributed by atoms with Crippen LogP contribution in [-0.2, 0) is 9.09 Å². The molecule has 0 N–H and O–H groups in total. The summed E-state index contributed by atoms with van der Waals surface area (Å²) >= 11 is 0. The molecule has 0 bridgehead atoms. The zero-order valence-electron chi connectivity index (χ0n) is 13.6. The molecule has 0 radical (unpaired) electrons. The summed E-state index contributed by atoms with van der Waals surface area (Å²) in [6, 6.07) is 0.216. The van der Waals surface area contributed by atoms with Crippen LogP contribution < -0.4 is 0 Å². The monoisotopic (exact) mass is 309 g/mol. The van der Waals surface area contributed by atoms with Gasteiger partial charge in [-0.2, -0.15) is 0 Å². The molecule has 4 nitrogen and oxygen atoms in total. The number of hydrogen-bond acceptors (Lipinski definition) is 2. The van der Waals surface area contributed by atoms with E-state index in [1.165, 1.54) is 4.67 Å². The lowest BCUT2D eigenvalue weighted by molar-refractivity contribution is -0.900.